The lowest BCUT2D eigenvalue weighted by molar-refractivity contribution is 0.194. The van der Waals surface area contributed by atoms with Crippen molar-refractivity contribution in [1.82, 2.24) is 0 Å². The van der Waals surface area contributed by atoms with E-state index in [1.807, 2.05) is 0 Å². The Morgan fingerprint density at radius 2 is 1.91 bits per heavy atom. The van der Waals surface area contributed by atoms with E-state index in [-0.39, 0.29) is 11.3 Å². The van der Waals surface area contributed by atoms with Crippen LogP contribution in [0.4, 0.5) is 4.39 Å². The first-order valence-corrected chi connectivity index (χ1v) is 3.14. The van der Waals surface area contributed by atoms with Gasteiger partial charge in [0.1, 0.15) is 5.82 Å². The molecule has 3 N–H and O–H groups in total. The van der Waals surface area contributed by atoms with Gasteiger partial charge in [-0.2, -0.15) is 0 Å². The molecule has 0 spiro atoms. The molecule has 1 atom stereocenters. The molecule has 1 rings (SSSR count). The minimum Gasteiger partial charge on any atom is -0.412 e. The third-order valence-electron chi connectivity index (χ3n) is 1.36. The molecule has 1 unspecified atom stereocenters. The maximum atomic E-state index is 12.7. The van der Waals surface area contributed by atoms with E-state index in [0.717, 1.165) is 0 Å². The monoisotopic (exact) mass is 158 g/mol. The molecule has 0 radical (unpaired) electrons. The number of aliphatic hydroxyl groups is 1. The fraction of sp³-hybridized carbons (Fsp3) is 0.250. The van der Waals surface area contributed by atoms with Crippen LogP contribution >= 0.6 is 0 Å². The quantitative estimate of drug-likeness (QED) is 0.652. The van der Waals surface area contributed by atoms with Gasteiger partial charge in [0.25, 0.3) is 0 Å². The number of rotatable bonds is 1. The predicted molar refractivity (Wildman–Crippen MR) is 40.6 cm³/mol. The molecule has 1 aromatic rings. The van der Waals surface area contributed by atoms with Gasteiger partial charge in [-0.3, -0.25) is 0 Å². The molecule has 2 nitrogen and oxygen atoms in total. The molecule has 1 aromatic carbocycles. The second-order valence-electron chi connectivity index (χ2n) is 2.20. The fourth-order valence-electron chi connectivity index (χ4n) is 0.814. The lowest BCUT2D eigenvalue weighted by Gasteiger charge is -2.03. The highest BCUT2D eigenvalue weighted by Crippen LogP contribution is 2.14. The van der Waals surface area contributed by atoms with E-state index in [9.17, 15) is 4.39 Å². The van der Waals surface area contributed by atoms with Gasteiger partial charge in [-0.15, -0.1) is 0 Å². The minimum absolute atomic E-state index is 0. The maximum absolute atomic E-state index is 12.7. The van der Waals surface area contributed by atoms with Crippen LogP contribution in [-0.2, 0) is 0 Å². The van der Waals surface area contributed by atoms with Crippen molar-refractivity contribution in [3.63, 3.8) is 0 Å². The van der Waals surface area contributed by atoms with Gasteiger partial charge in [-0.05, 0) is 13.0 Å². The number of halogens is 1. The van der Waals surface area contributed by atoms with Crippen molar-refractivity contribution in [3.8, 4) is 0 Å². The molecule has 0 aliphatic rings. The van der Waals surface area contributed by atoms with E-state index in [4.69, 9.17) is 5.11 Å². The zero-order valence-corrected chi connectivity index (χ0v) is 6.21. The fourth-order valence-corrected chi connectivity index (χ4v) is 0.814. The molecule has 0 bridgehead atoms. The average Bonchev–Trinajstić information content (AvgIpc) is 1.88. The van der Waals surface area contributed by atoms with Gasteiger partial charge in [0, 0.05) is 5.56 Å². The molecule has 0 heterocycles. The number of aliphatic hydroxyl groups excluding tert-OH is 1. The van der Waals surface area contributed by atoms with Crippen molar-refractivity contribution in [1.29, 1.82) is 0 Å². The number of hydrogen-bond donors (Lipinski definition) is 1. The smallest absolute Gasteiger partial charge is 0.128 e. The van der Waals surface area contributed by atoms with Gasteiger partial charge in [0.2, 0.25) is 0 Å². The van der Waals surface area contributed by atoms with E-state index in [1.54, 1.807) is 25.1 Å². The van der Waals surface area contributed by atoms with E-state index in [1.165, 1.54) is 6.07 Å². The Bertz CT molecular complexity index is 223. The van der Waals surface area contributed by atoms with E-state index < -0.39 is 6.10 Å². The molecule has 0 aliphatic heterocycles. The normalized spacial score (nSPS) is 11.9. The van der Waals surface area contributed by atoms with Gasteiger partial charge in [-0.1, -0.05) is 18.2 Å². The second kappa shape index (κ2) is 4.05. The van der Waals surface area contributed by atoms with Gasteiger partial charge in [0.05, 0.1) is 6.10 Å². The zero-order chi connectivity index (χ0) is 7.56. The lowest BCUT2D eigenvalue weighted by atomic mass is 10.1. The van der Waals surface area contributed by atoms with Crippen LogP contribution in [0.2, 0.25) is 0 Å². The van der Waals surface area contributed by atoms with Crippen molar-refractivity contribution < 1.29 is 15.0 Å². The molecule has 3 heteroatoms. The summed E-state index contributed by atoms with van der Waals surface area (Å²) in [5, 5.41) is 8.96. The molecule has 0 aliphatic carbocycles. The van der Waals surface area contributed by atoms with Crippen LogP contribution in [0.15, 0.2) is 24.3 Å². The Morgan fingerprint density at radius 1 is 1.36 bits per heavy atom. The first-order valence-electron chi connectivity index (χ1n) is 3.14. The standard InChI is InChI=1S/C8H9FO.H2O/c1-6(10)7-4-2-3-5-8(7)9;/h2-6,10H,1H3;1H2. The summed E-state index contributed by atoms with van der Waals surface area (Å²) in [5.41, 5.74) is 0.350. The van der Waals surface area contributed by atoms with Crippen LogP contribution < -0.4 is 0 Å². The van der Waals surface area contributed by atoms with Gasteiger partial charge >= 0.3 is 0 Å². The molecule has 0 saturated carbocycles. The molecular formula is C8H11FO2. The summed E-state index contributed by atoms with van der Waals surface area (Å²) in [4.78, 5) is 0. The summed E-state index contributed by atoms with van der Waals surface area (Å²) in [7, 11) is 0. The van der Waals surface area contributed by atoms with Crippen molar-refractivity contribution in [2.24, 2.45) is 0 Å². The van der Waals surface area contributed by atoms with Crippen molar-refractivity contribution >= 4 is 0 Å². The zero-order valence-electron chi connectivity index (χ0n) is 6.21. The molecule has 11 heavy (non-hydrogen) atoms. The highest BCUT2D eigenvalue weighted by molar-refractivity contribution is 5.18. The Balaban J connectivity index is 0.000001000. The molecular weight excluding hydrogens is 147 g/mol. The van der Waals surface area contributed by atoms with Crippen molar-refractivity contribution in [3.05, 3.63) is 35.6 Å². The molecule has 0 amide bonds. The van der Waals surface area contributed by atoms with Crippen LogP contribution in [0.3, 0.4) is 0 Å². The molecule has 62 valence electrons. The summed E-state index contributed by atoms with van der Waals surface area (Å²) in [6, 6.07) is 6.20. The average molecular weight is 158 g/mol. The van der Waals surface area contributed by atoms with Crippen LogP contribution in [0.25, 0.3) is 0 Å². The Kier molecular flexibility index (Phi) is 3.71. The minimum atomic E-state index is -0.721. The summed E-state index contributed by atoms with van der Waals surface area (Å²) in [6.07, 6.45) is -0.721. The summed E-state index contributed by atoms with van der Waals surface area (Å²) in [5.74, 6) is -0.350. The summed E-state index contributed by atoms with van der Waals surface area (Å²) < 4.78 is 12.7. The topological polar surface area (TPSA) is 51.7 Å². The SMILES string of the molecule is CC(O)c1ccccc1F.O. The van der Waals surface area contributed by atoms with E-state index >= 15 is 0 Å². The Labute approximate surface area is 64.6 Å². The second-order valence-corrected chi connectivity index (χ2v) is 2.20. The van der Waals surface area contributed by atoms with E-state index in [2.05, 4.69) is 0 Å². The van der Waals surface area contributed by atoms with Crippen molar-refractivity contribution in [2.45, 2.75) is 13.0 Å². The highest BCUT2D eigenvalue weighted by atomic mass is 19.1. The van der Waals surface area contributed by atoms with Crippen LogP contribution in [0, 0.1) is 5.82 Å². The van der Waals surface area contributed by atoms with E-state index in [0.29, 0.717) is 5.56 Å². The summed E-state index contributed by atoms with van der Waals surface area (Å²) in [6.45, 7) is 1.54. The third kappa shape index (κ3) is 2.29. The first kappa shape index (κ1) is 10.1. The lowest BCUT2D eigenvalue weighted by Crippen LogP contribution is -1.93. The van der Waals surface area contributed by atoms with Crippen molar-refractivity contribution in [2.75, 3.05) is 0 Å². The predicted octanol–water partition coefficient (Wildman–Crippen LogP) is 1.05. The maximum Gasteiger partial charge on any atom is 0.128 e. The largest absolute Gasteiger partial charge is 0.412 e. The molecule has 0 saturated heterocycles. The molecule has 0 aromatic heterocycles. The van der Waals surface area contributed by atoms with Gasteiger partial charge in [-0.25, -0.2) is 4.39 Å². The third-order valence-corrected chi connectivity index (χ3v) is 1.36. The first-order chi connectivity index (χ1) is 4.72. The van der Waals surface area contributed by atoms with Crippen LogP contribution in [0.5, 0.6) is 0 Å². The number of benzene rings is 1. The summed E-state index contributed by atoms with van der Waals surface area (Å²) >= 11 is 0. The van der Waals surface area contributed by atoms with Gasteiger partial charge < -0.3 is 10.6 Å². The Morgan fingerprint density at radius 3 is 2.27 bits per heavy atom. The highest BCUT2D eigenvalue weighted by Gasteiger charge is 2.04. The van der Waals surface area contributed by atoms with Crippen LogP contribution in [0.1, 0.15) is 18.6 Å². The van der Waals surface area contributed by atoms with Crippen LogP contribution in [-0.4, -0.2) is 10.6 Å². The number of hydrogen-bond acceptors (Lipinski definition) is 1. The molecule has 0 fully saturated rings. The Hall–Kier alpha value is -0.930. The van der Waals surface area contributed by atoms with Gasteiger partial charge in [0.15, 0.2) is 0 Å².